The van der Waals surface area contributed by atoms with Gasteiger partial charge < -0.3 is 19.7 Å². The van der Waals surface area contributed by atoms with E-state index < -0.39 is 0 Å². The van der Waals surface area contributed by atoms with Gasteiger partial charge in [-0.1, -0.05) is 19.4 Å². The van der Waals surface area contributed by atoms with Gasteiger partial charge in [0.15, 0.2) is 11.5 Å². The van der Waals surface area contributed by atoms with Crippen LogP contribution < -0.4 is 14.8 Å². The lowest BCUT2D eigenvalue weighted by atomic mass is 10.1. The van der Waals surface area contributed by atoms with Crippen molar-refractivity contribution in [3.05, 3.63) is 23.8 Å². The fourth-order valence-electron chi connectivity index (χ4n) is 3.17. The number of benzene rings is 1. The van der Waals surface area contributed by atoms with E-state index in [1.807, 2.05) is 18.2 Å². The van der Waals surface area contributed by atoms with E-state index in [9.17, 15) is 9.59 Å². The molecule has 1 aromatic carbocycles. The van der Waals surface area contributed by atoms with Gasteiger partial charge in [-0.15, -0.1) is 0 Å². The molecule has 26 heavy (non-hydrogen) atoms. The minimum Gasteiger partial charge on any atom is -0.454 e. The predicted octanol–water partition coefficient (Wildman–Crippen LogP) is 1.37. The minimum atomic E-state index is -0.175. The van der Waals surface area contributed by atoms with Crippen LogP contribution in [-0.4, -0.2) is 61.1 Å². The number of carbonyl (C=O) groups excluding carboxylic acids is 2. The Labute approximate surface area is 154 Å². The molecule has 0 radical (unpaired) electrons. The Kier molecular flexibility index (Phi) is 6.33. The van der Waals surface area contributed by atoms with Crippen molar-refractivity contribution in [2.45, 2.75) is 32.7 Å². The van der Waals surface area contributed by atoms with Gasteiger partial charge in [0.05, 0.1) is 0 Å². The summed E-state index contributed by atoms with van der Waals surface area (Å²) in [5.41, 5.74) is 1.17. The van der Waals surface area contributed by atoms with E-state index in [1.165, 1.54) is 5.56 Å². The third-order valence-electron chi connectivity index (χ3n) is 4.73. The molecule has 0 spiro atoms. The maximum atomic E-state index is 12.3. The maximum Gasteiger partial charge on any atom is 0.232 e. The van der Waals surface area contributed by atoms with E-state index in [-0.39, 0.29) is 25.0 Å². The second-order valence-corrected chi connectivity index (χ2v) is 6.72. The van der Waals surface area contributed by atoms with Gasteiger partial charge in [0.2, 0.25) is 18.6 Å². The quantitative estimate of drug-likeness (QED) is 0.587. The van der Waals surface area contributed by atoms with Crippen molar-refractivity contribution in [3.8, 4) is 11.5 Å². The number of fused-ring (bicyclic) bond motifs is 1. The first-order chi connectivity index (χ1) is 12.7. The number of ether oxygens (including phenoxy) is 2. The Bertz CT molecular complexity index is 642. The van der Waals surface area contributed by atoms with Crippen molar-refractivity contribution in [2.24, 2.45) is 0 Å². The summed E-state index contributed by atoms with van der Waals surface area (Å²) in [6, 6.07) is 6.00. The Morgan fingerprint density at radius 3 is 2.65 bits per heavy atom. The first-order valence-electron chi connectivity index (χ1n) is 9.31. The minimum absolute atomic E-state index is 0.0497. The zero-order valence-electron chi connectivity index (χ0n) is 15.3. The van der Waals surface area contributed by atoms with Gasteiger partial charge in [-0.3, -0.25) is 14.5 Å². The maximum absolute atomic E-state index is 12.3. The molecule has 0 saturated carbocycles. The highest BCUT2D eigenvalue weighted by Gasteiger charge is 2.23. The van der Waals surface area contributed by atoms with Crippen molar-refractivity contribution in [1.82, 2.24) is 15.1 Å². The van der Waals surface area contributed by atoms with Crippen molar-refractivity contribution >= 4 is 11.8 Å². The summed E-state index contributed by atoms with van der Waals surface area (Å²) in [7, 11) is 0. The highest BCUT2D eigenvalue weighted by molar-refractivity contribution is 5.96. The average Bonchev–Trinajstić information content (AvgIpc) is 3.10. The topological polar surface area (TPSA) is 71.1 Å². The fourth-order valence-corrected chi connectivity index (χ4v) is 3.17. The van der Waals surface area contributed by atoms with Crippen LogP contribution in [0.5, 0.6) is 11.5 Å². The van der Waals surface area contributed by atoms with Crippen molar-refractivity contribution in [1.29, 1.82) is 0 Å². The molecule has 0 aromatic heterocycles. The fraction of sp³-hybridized carbons (Fsp3) is 0.579. The largest absolute Gasteiger partial charge is 0.454 e. The molecule has 1 saturated heterocycles. The van der Waals surface area contributed by atoms with E-state index in [0.29, 0.717) is 19.6 Å². The number of unbranched alkanes of at least 4 members (excludes halogenated alkanes) is 1. The Morgan fingerprint density at radius 2 is 1.88 bits per heavy atom. The summed E-state index contributed by atoms with van der Waals surface area (Å²) < 4.78 is 10.8. The lowest BCUT2D eigenvalue weighted by Gasteiger charge is -2.34. The smallest absolute Gasteiger partial charge is 0.232 e. The molecule has 142 valence electrons. The van der Waals surface area contributed by atoms with Gasteiger partial charge in [-0.25, -0.2) is 0 Å². The number of amides is 2. The van der Waals surface area contributed by atoms with Gasteiger partial charge in [0.25, 0.3) is 0 Å². The van der Waals surface area contributed by atoms with Gasteiger partial charge in [-0.05, 0) is 24.1 Å². The second kappa shape index (κ2) is 8.89. The zero-order valence-corrected chi connectivity index (χ0v) is 15.3. The van der Waals surface area contributed by atoms with E-state index in [2.05, 4.69) is 17.1 Å². The molecule has 0 atom stereocenters. The van der Waals surface area contributed by atoms with Crippen LogP contribution in [0.4, 0.5) is 0 Å². The molecule has 7 nitrogen and oxygen atoms in total. The highest BCUT2D eigenvalue weighted by Crippen LogP contribution is 2.32. The van der Waals surface area contributed by atoms with Crippen molar-refractivity contribution in [3.63, 3.8) is 0 Å². The summed E-state index contributed by atoms with van der Waals surface area (Å²) >= 11 is 0. The number of carbonyl (C=O) groups is 2. The molecule has 2 amide bonds. The molecule has 0 bridgehead atoms. The monoisotopic (exact) mass is 361 g/mol. The number of nitrogens with one attached hydrogen (secondary N) is 1. The summed E-state index contributed by atoms with van der Waals surface area (Å²) in [5, 5.41) is 2.80. The standard InChI is InChI=1S/C19H27N3O4/c1-2-3-6-20-18(23)12-19(24)22-9-7-21(8-10-22)13-15-4-5-16-17(11-15)26-14-25-16/h4-5,11H,2-3,6-10,12-14H2,1H3,(H,20,23). The number of rotatable bonds is 7. The summed E-state index contributed by atoms with van der Waals surface area (Å²) in [4.78, 5) is 28.1. The number of piperazine rings is 1. The van der Waals surface area contributed by atoms with Gasteiger partial charge in [0.1, 0.15) is 6.42 Å². The molecule has 3 rings (SSSR count). The molecule has 1 N–H and O–H groups in total. The van der Waals surface area contributed by atoms with Crippen LogP contribution in [0.15, 0.2) is 18.2 Å². The Hall–Kier alpha value is -2.28. The lowest BCUT2D eigenvalue weighted by Crippen LogP contribution is -2.49. The Balaban J connectivity index is 1.41. The normalized spacial score (nSPS) is 16.6. The first-order valence-corrected chi connectivity index (χ1v) is 9.31. The summed E-state index contributed by atoms with van der Waals surface area (Å²) in [6.07, 6.45) is 1.92. The van der Waals surface area contributed by atoms with E-state index >= 15 is 0 Å². The molecule has 2 heterocycles. The number of hydrogen-bond donors (Lipinski definition) is 1. The van der Waals surface area contributed by atoms with Crippen LogP contribution in [-0.2, 0) is 16.1 Å². The van der Waals surface area contributed by atoms with E-state index in [1.54, 1.807) is 4.90 Å². The van der Waals surface area contributed by atoms with Crippen LogP contribution >= 0.6 is 0 Å². The van der Waals surface area contributed by atoms with Gasteiger partial charge >= 0.3 is 0 Å². The van der Waals surface area contributed by atoms with Crippen LogP contribution in [0.3, 0.4) is 0 Å². The third kappa shape index (κ3) is 4.88. The van der Waals surface area contributed by atoms with Crippen LogP contribution in [0.1, 0.15) is 31.7 Å². The van der Waals surface area contributed by atoms with Crippen molar-refractivity contribution in [2.75, 3.05) is 39.5 Å². The first kappa shape index (κ1) is 18.5. The molecule has 0 unspecified atom stereocenters. The molecule has 7 heteroatoms. The summed E-state index contributed by atoms with van der Waals surface area (Å²) in [6.45, 7) is 6.74. The van der Waals surface area contributed by atoms with Gasteiger partial charge in [0, 0.05) is 39.3 Å². The lowest BCUT2D eigenvalue weighted by molar-refractivity contribution is -0.137. The number of nitrogens with zero attached hydrogens (tertiary/aromatic N) is 2. The van der Waals surface area contributed by atoms with Crippen molar-refractivity contribution < 1.29 is 19.1 Å². The highest BCUT2D eigenvalue weighted by atomic mass is 16.7. The third-order valence-corrected chi connectivity index (χ3v) is 4.73. The average molecular weight is 361 g/mol. The van der Waals surface area contributed by atoms with Crippen LogP contribution in [0, 0.1) is 0 Å². The number of hydrogen-bond acceptors (Lipinski definition) is 5. The van der Waals surface area contributed by atoms with Gasteiger partial charge in [-0.2, -0.15) is 0 Å². The predicted molar refractivity (Wildman–Crippen MR) is 97.0 cm³/mol. The molecular weight excluding hydrogens is 334 g/mol. The molecule has 2 aliphatic heterocycles. The second-order valence-electron chi connectivity index (χ2n) is 6.72. The molecular formula is C19H27N3O4. The zero-order chi connectivity index (χ0) is 18.4. The molecule has 1 aromatic rings. The Morgan fingerprint density at radius 1 is 1.12 bits per heavy atom. The van der Waals surface area contributed by atoms with E-state index in [0.717, 1.165) is 44.0 Å². The summed E-state index contributed by atoms with van der Waals surface area (Å²) in [5.74, 6) is 1.33. The van der Waals surface area contributed by atoms with Crippen LogP contribution in [0.2, 0.25) is 0 Å². The van der Waals surface area contributed by atoms with E-state index in [4.69, 9.17) is 9.47 Å². The molecule has 1 fully saturated rings. The SMILES string of the molecule is CCCCNC(=O)CC(=O)N1CCN(Cc2ccc3c(c2)OCO3)CC1. The van der Waals surface area contributed by atoms with Crippen LogP contribution in [0.25, 0.3) is 0 Å². The molecule has 2 aliphatic rings. The molecule has 0 aliphatic carbocycles.